The van der Waals surface area contributed by atoms with Gasteiger partial charge in [-0.2, -0.15) is 0 Å². The first-order chi connectivity index (χ1) is 14.1. The minimum absolute atomic E-state index is 0.0778. The molecule has 3 rings (SSSR count). The molecule has 0 bridgehead atoms. The first-order valence-electron chi connectivity index (χ1n) is 10.4. The van der Waals surface area contributed by atoms with Gasteiger partial charge in [0, 0.05) is 45.6 Å². The summed E-state index contributed by atoms with van der Waals surface area (Å²) in [5, 5.41) is 3.28. The highest BCUT2D eigenvalue weighted by atomic mass is 16.2. The van der Waals surface area contributed by atoms with Gasteiger partial charge < -0.3 is 19.7 Å². The monoisotopic (exact) mass is 396 g/mol. The van der Waals surface area contributed by atoms with Crippen LogP contribution in [0, 0.1) is 5.92 Å². The summed E-state index contributed by atoms with van der Waals surface area (Å²) in [4.78, 5) is 25.5. The Hall–Kier alpha value is -2.83. The third-order valence-electron chi connectivity index (χ3n) is 5.69. The van der Waals surface area contributed by atoms with Crippen molar-refractivity contribution in [3.8, 4) is 0 Å². The number of benzene rings is 1. The van der Waals surface area contributed by atoms with Crippen molar-refractivity contribution in [2.45, 2.75) is 32.9 Å². The Kier molecular flexibility index (Phi) is 7.27. The van der Waals surface area contributed by atoms with Crippen LogP contribution in [-0.4, -0.2) is 64.4 Å². The second-order valence-electron chi connectivity index (χ2n) is 7.58. The van der Waals surface area contributed by atoms with E-state index < -0.39 is 0 Å². The summed E-state index contributed by atoms with van der Waals surface area (Å²) < 4.78 is 2.17. The molecule has 29 heavy (non-hydrogen) atoms. The summed E-state index contributed by atoms with van der Waals surface area (Å²) in [6.07, 6.45) is 6.80. The van der Waals surface area contributed by atoms with E-state index in [-0.39, 0.29) is 12.5 Å². The molecule has 1 fully saturated rings. The summed E-state index contributed by atoms with van der Waals surface area (Å²) >= 11 is 0. The van der Waals surface area contributed by atoms with Gasteiger partial charge in [0.25, 0.3) is 0 Å². The molecule has 7 heteroatoms. The maximum absolute atomic E-state index is 12.8. The van der Waals surface area contributed by atoms with Crippen molar-refractivity contribution in [1.82, 2.24) is 24.7 Å². The number of aliphatic imine (C=N–C) groups is 1. The van der Waals surface area contributed by atoms with E-state index in [9.17, 15) is 4.79 Å². The number of hydrogen-bond acceptors (Lipinski definition) is 3. The highest BCUT2D eigenvalue weighted by molar-refractivity contribution is 5.86. The SMILES string of the molecule is CCN(Cc1ccccc1)C(=O)CNC(=NC)N1CCC(C)C(n2ccnc2)C1. The van der Waals surface area contributed by atoms with Gasteiger partial charge in [0.05, 0.1) is 18.9 Å². The predicted molar refractivity (Wildman–Crippen MR) is 116 cm³/mol. The number of guanidine groups is 1. The molecule has 1 saturated heterocycles. The number of carbonyl (C=O) groups is 1. The van der Waals surface area contributed by atoms with Crippen LogP contribution in [-0.2, 0) is 11.3 Å². The standard InChI is InChI=1S/C22H32N6O/c1-4-26(15-19-8-6-5-7-9-19)21(29)14-25-22(23-3)27-12-10-18(2)20(16-27)28-13-11-24-17-28/h5-9,11,13,17-18,20H,4,10,12,14-16H2,1-3H3,(H,23,25). The lowest BCUT2D eigenvalue weighted by Crippen LogP contribution is -2.51. The Bertz CT molecular complexity index is 789. The van der Waals surface area contributed by atoms with Crippen molar-refractivity contribution in [3.05, 3.63) is 54.6 Å². The van der Waals surface area contributed by atoms with E-state index in [1.54, 1.807) is 7.05 Å². The summed E-state index contributed by atoms with van der Waals surface area (Å²) in [5.41, 5.74) is 1.14. The molecule has 1 amide bonds. The Morgan fingerprint density at radius 3 is 2.79 bits per heavy atom. The molecule has 1 aliphatic heterocycles. The Balaban J connectivity index is 1.57. The van der Waals surface area contributed by atoms with Crippen LogP contribution >= 0.6 is 0 Å². The van der Waals surface area contributed by atoms with Crippen molar-refractivity contribution in [2.75, 3.05) is 33.2 Å². The zero-order valence-electron chi connectivity index (χ0n) is 17.7. The number of aromatic nitrogens is 2. The molecule has 2 heterocycles. The largest absolute Gasteiger partial charge is 0.347 e. The van der Waals surface area contributed by atoms with E-state index in [0.29, 0.717) is 25.0 Å². The van der Waals surface area contributed by atoms with Gasteiger partial charge in [0.1, 0.15) is 0 Å². The topological polar surface area (TPSA) is 65.8 Å². The Morgan fingerprint density at radius 2 is 2.14 bits per heavy atom. The summed E-state index contributed by atoms with van der Waals surface area (Å²) in [6, 6.07) is 10.4. The third kappa shape index (κ3) is 5.37. The number of nitrogens with one attached hydrogen (secondary N) is 1. The summed E-state index contributed by atoms with van der Waals surface area (Å²) in [6.45, 7) is 7.63. The van der Waals surface area contributed by atoms with E-state index in [2.05, 4.69) is 31.7 Å². The zero-order valence-corrected chi connectivity index (χ0v) is 17.7. The fraction of sp³-hybridized carbons (Fsp3) is 0.500. The molecule has 0 aliphatic carbocycles. The van der Waals surface area contributed by atoms with E-state index in [1.165, 1.54) is 0 Å². The highest BCUT2D eigenvalue weighted by Crippen LogP contribution is 2.27. The molecule has 1 aliphatic rings. The van der Waals surface area contributed by atoms with Crippen LogP contribution in [0.4, 0.5) is 0 Å². The van der Waals surface area contributed by atoms with Crippen molar-refractivity contribution in [3.63, 3.8) is 0 Å². The number of piperidine rings is 1. The summed E-state index contributed by atoms with van der Waals surface area (Å²) in [7, 11) is 1.78. The highest BCUT2D eigenvalue weighted by Gasteiger charge is 2.29. The van der Waals surface area contributed by atoms with E-state index in [1.807, 2.05) is 60.9 Å². The first-order valence-corrected chi connectivity index (χ1v) is 10.4. The average molecular weight is 397 g/mol. The minimum Gasteiger partial charge on any atom is -0.347 e. The van der Waals surface area contributed by atoms with Crippen LogP contribution < -0.4 is 5.32 Å². The van der Waals surface area contributed by atoms with E-state index in [4.69, 9.17) is 0 Å². The number of likely N-dealkylation sites (tertiary alicyclic amines) is 1. The molecular formula is C22H32N6O. The first kappa shape index (κ1) is 20.9. The molecule has 2 atom stereocenters. The smallest absolute Gasteiger partial charge is 0.242 e. The van der Waals surface area contributed by atoms with Gasteiger partial charge in [-0.3, -0.25) is 9.79 Å². The predicted octanol–water partition coefficient (Wildman–Crippen LogP) is 2.39. The number of nitrogens with zero attached hydrogens (tertiary/aromatic N) is 5. The van der Waals surface area contributed by atoms with Crippen molar-refractivity contribution in [1.29, 1.82) is 0 Å². The molecule has 0 radical (unpaired) electrons. The number of likely N-dealkylation sites (N-methyl/N-ethyl adjacent to an activating group) is 1. The fourth-order valence-corrected chi connectivity index (χ4v) is 3.87. The lowest BCUT2D eigenvalue weighted by atomic mass is 9.93. The van der Waals surface area contributed by atoms with Gasteiger partial charge in [-0.15, -0.1) is 0 Å². The number of rotatable bonds is 6. The second kappa shape index (κ2) is 10.1. The average Bonchev–Trinajstić information content (AvgIpc) is 3.28. The molecule has 2 aromatic rings. The Morgan fingerprint density at radius 1 is 1.34 bits per heavy atom. The zero-order chi connectivity index (χ0) is 20.6. The number of amides is 1. The van der Waals surface area contributed by atoms with Crippen molar-refractivity contribution in [2.24, 2.45) is 10.9 Å². The molecule has 1 N–H and O–H groups in total. The molecule has 156 valence electrons. The Labute approximate surface area is 173 Å². The van der Waals surface area contributed by atoms with E-state index >= 15 is 0 Å². The van der Waals surface area contributed by atoms with Crippen LogP contribution in [0.1, 0.15) is 31.9 Å². The van der Waals surface area contributed by atoms with Gasteiger partial charge in [0.15, 0.2) is 5.96 Å². The van der Waals surface area contributed by atoms with Crippen molar-refractivity contribution < 1.29 is 4.79 Å². The molecular weight excluding hydrogens is 364 g/mol. The molecule has 1 aromatic heterocycles. The maximum Gasteiger partial charge on any atom is 0.242 e. The molecule has 1 aromatic carbocycles. The number of carbonyl (C=O) groups excluding carboxylic acids is 1. The molecule has 0 spiro atoms. The van der Waals surface area contributed by atoms with Gasteiger partial charge in [-0.25, -0.2) is 4.98 Å². The van der Waals surface area contributed by atoms with Crippen LogP contribution in [0.2, 0.25) is 0 Å². The van der Waals surface area contributed by atoms with Crippen molar-refractivity contribution >= 4 is 11.9 Å². The quantitative estimate of drug-likeness (QED) is 0.601. The normalized spacial score (nSPS) is 19.8. The van der Waals surface area contributed by atoms with Crippen LogP contribution in [0.3, 0.4) is 0 Å². The van der Waals surface area contributed by atoms with Gasteiger partial charge in [0.2, 0.25) is 5.91 Å². The second-order valence-corrected chi connectivity index (χ2v) is 7.58. The minimum atomic E-state index is 0.0778. The number of imidazole rings is 1. The molecule has 7 nitrogen and oxygen atoms in total. The van der Waals surface area contributed by atoms with Crippen LogP contribution in [0.25, 0.3) is 0 Å². The maximum atomic E-state index is 12.8. The van der Waals surface area contributed by atoms with Gasteiger partial charge >= 0.3 is 0 Å². The van der Waals surface area contributed by atoms with E-state index in [0.717, 1.165) is 31.0 Å². The summed E-state index contributed by atoms with van der Waals surface area (Å²) in [5.74, 6) is 1.43. The van der Waals surface area contributed by atoms with Gasteiger partial charge in [-0.1, -0.05) is 37.3 Å². The van der Waals surface area contributed by atoms with Crippen LogP contribution in [0.15, 0.2) is 54.0 Å². The lowest BCUT2D eigenvalue weighted by molar-refractivity contribution is -0.130. The van der Waals surface area contributed by atoms with Gasteiger partial charge in [-0.05, 0) is 24.8 Å². The van der Waals surface area contributed by atoms with Crippen LogP contribution in [0.5, 0.6) is 0 Å². The molecule has 0 saturated carbocycles. The lowest BCUT2D eigenvalue weighted by Gasteiger charge is -2.39. The number of hydrogen-bond donors (Lipinski definition) is 1. The fourth-order valence-electron chi connectivity index (χ4n) is 3.87. The third-order valence-corrected chi connectivity index (χ3v) is 5.69. The molecule has 2 unspecified atom stereocenters.